The molecule has 6 nitrogen and oxygen atoms in total. The summed E-state index contributed by atoms with van der Waals surface area (Å²) in [5.41, 5.74) is 2.61. The van der Waals surface area contributed by atoms with Crippen molar-refractivity contribution in [1.82, 2.24) is 0 Å². The number of hydrogen-bond donors (Lipinski definition) is 2. The van der Waals surface area contributed by atoms with Crippen LogP contribution >= 0.6 is 0 Å². The molecule has 28 heavy (non-hydrogen) atoms. The number of carboxylic acids is 1. The Labute approximate surface area is 167 Å². The fourth-order valence-electron chi connectivity index (χ4n) is 3.24. The lowest BCUT2D eigenvalue weighted by atomic mass is 10.1. The van der Waals surface area contributed by atoms with Crippen molar-refractivity contribution in [2.24, 2.45) is 0 Å². The fourth-order valence-corrected chi connectivity index (χ4v) is 4.48. The van der Waals surface area contributed by atoms with E-state index in [1.165, 1.54) is 6.07 Å². The summed E-state index contributed by atoms with van der Waals surface area (Å²) in [6.45, 7) is 9.22. The first-order valence-corrected chi connectivity index (χ1v) is 10.9. The van der Waals surface area contributed by atoms with Gasteiger partial charge in [-0.1, -0.05) is 19.9 Å². The molecule has 0 bridgehead atoms. The lowest BCUT2D eigenvalue weighted by Crippen LogP contribution is -2.27. The van der Waals surface area contributed by atoms with Crippen molar-refractivity contribution in [1.29, 1.82) is 0 Å². The summed E-state index contributed by atoms with van der Waals surface area (Å²) in [5, 5.41) is 9.66. The zero-order chi connectivity index (χ0) is 20.9. The van der Waals surface area contributed by atoms with Gasteiger partial charge in [-0.05, 0) is 68.1 Å². The average molecular weight is 405 g/mol. The third kappa shape index (κ3) is 5.25. The predicted octanol–water partition coefficient (Wildman–Crippen LogP) is 4.43. The molecule has 2 aromatic carbocycles. The number of nitrogens with zero attached hydrogens (tertiary/aromatic N) is 1. The van der Waals surface area contributed by atoms with E-state index in [4.69, 9.17) is 0 Å². The molecule has 0 radical (unpaired) electrons. The Morgan fingerprint density at radius 1 is 1.00 bits per heavy atom. The van der Waals surface area contributed by atoms with Gasteiger partial charge in [0.25, 0.3) is 10.0 Å². The van der Waals surface area contributed by atoms with Gasteiger partial charge in [-0.2, -0.15) is 0 Å². The van der Waals surface area contributed by atoms with Gasteiger partial charge in [0.05, 0.1) is 16.1 Å². The Morgan fingerprint density at radius 3 is 2.07 bits per heavy atom. The number of carbonyl (C=O) groups is 1. The van der Waals surface area contributed by atoms with E-state index < -0.39 is 16.0 Å². The number of hydrogen-bond acceptors (Lipinski definition) is 4. The second-order valence-corrected chi connectivity index (χ2v) is 8.64. The largest absolute Gasteiger partial charge is 0.478 e. The molecule has 0 aliphatic heterocycles. The summed E-state index contributed by atoms with van der Waals surface area (Å²) in [7, 11) is -3.81. The number of aryl methyl sites for hydroxylation is 2. The van der Waals surface area contributed by atoms with Gasteiger partial charge in [-0.25, -0.2) is 13.2 Å². The van der Waals surface area contributed by atoms with Crippen LogP contribution in [0.25, 0.3) is 0 Å². The molecule has 0 aliphatic carbocycles. The number of nitrogens with one attached hydrogen (secondary N) is 1. The lowest BCUT2D eigenvalue weighted by Gasteiger charge is -2.25. The zero-order valence-electron chi connectivity index (χ0n) is 16.8. The highest BCUT2D eigenvalue weighted by atomic mass is 32.2. The van der Waals surface area contributed by atoms with Crippen LogP contribution in [0.3, 0.4) is 0 Å². The van der Waals surface area contributed by atoms with Crippen LogP contribution in [0.15, 0.2) is 41.3 Å². The summed E-state index contributed by atoms with van der Waals surface area (Å²) < 4.78 is 28.0. The maximum atomic E-state index is 12.7. The average Bonchev–Trinajstić information content (AvgIpc) is 2.60. The van der Waals surface area contributed by atoms with E-state index in [1.807, 2.05) is 38.7 Å². The van der Waals surface area contributed by atoms with Gasteiger partial charge < -0.3 is 10.0 Å². The van der Waals surface area contributed by atoms with Crippen molar-refractivity contribution in [3.05, 3.63) is 53.1 Å². The molecular weight excluding hydrogens is 376 g/mol. The second-order valence-electron chi connectivity index (χ2n) is 6.95. The van der Waals surface area contributed by atoms with Crippen LogP contribution in [-0.2, 0) is 10.0 Å². The SMILES string of the molecule is CCCN(CCC)c1ccc(NS(=O)(=O)c2cc(C)cc(C)c2)cc1C(=O)O. The molecule has 0 heterocycles. The summed E-state index contributed by atoms with van der Waals surface area (Å²) in [5.74, 6) is -1.08. The van der Waals surface area contributed by atoms with Crippen molar-refractivity contribution < 1.29 is 18.3 Å². The number of aromatic carboxylic acids is 1. The first-order chi connectivity index (χ1) is 13.2. The third-order valence-corrected chi connectivity index (χ3v) is 5.67. The molecule has 0 amide bonds. The highest BCUT2D eigenvalue weighted by Gasteiger charge is 2.19. The summed E-state index contributed by atoms with van der Waals surface area (Å²) >= 11 is 0. The molecule has 0 saturated carbocycles. The van der Waals surface area contributed by atoms with Gasteiger partial charge in [0.1, 0.15) is 0 Å². The smallest absolute Gasteiger partial charge is 0.337 e. The van der Waals surface area contributed by atoms with E-state index in [0.29, 0.717) is 5.69 Å². The molecule has 0 fully saturated rings. The lowest BCUT2D eigenvalue weighted by molar-refractivity contribution is 0.0697. The van der Waals surface area contributed by atoms with Crippen molar-refractivity contribution in [2.75, 3.05) is 22.7 Å². The fraction of sp³-hybridized carbons (Fsp3) is 0.381. The van der Waals surface area contributed by atoms with Gasteiger partial charge >= 0.3 is 5.97 Å². The predicted molar refractivity (Wildman–Crippen MR) is 113 cm³/mol. The minimum absolute atomic E-state index is 0.0857. The van der Waals surface area contributed by atoms with Crippen LogP contribution < -0.4 is 9.62 Å². The van der Waals surface area contributed by atoms with Crippen LogP contribution in [0.4, 0.5) is 11.4 Å². The van der Waals surface area contributed by atoms with E-state index in [-0.39, 0.29) is 16.1 Å². The molecule has 0 atom stereocenters. The van der Waals surface area contributed by atoms with Crippen LogP contribution in [-0.4, -0.2) is 32.6 Å². The van der Waals surface area contributed by atoms with Crippen molar-refractivity contribution in [2.45, 2.75) is 45.4 Å². The van der Waals surface area contributed by atoms with Crippen LogP contribution in [0.5, 0.6) is 0 Å². The van der Waals surface area contributed by atoms with Gasteiger partial charge in [0.15, 0.2) is 0 Å². The molecule has 0 aromatic heterocycles. The molecule has 7 heteroatoms. The minimum atomic E-state index is -3.81. The van der Waals surface area contributed by atoms with Crippen LogP contribution in [0, 0.1) is 13.8 Å². The van der Waals surface area contributed by atoms with Gasteiger partial charge in [0.2, 0.25) is 0 Å². The molecule has 2 N–H and O–H groups in total. The van der Waals surface area contributed by atoms with E-state index in [1.54, 1.807) is 24.3 Å². The molecular formula is C21H28N2O4S. The standard InChI is InChI=1S/C21H28N2O4S/c1-5-9-23(10-6-2)20-8-7-17(14-19(20)21(24)25)22-28(26,27)18-12-15(3)11-16(4)13-18/h7-8,11-14,22H,5-6,9-10H2,1-4H3,(H,24,25). The molecule has 2 rings (SSSR count). The monoisotopic (exact) mass is 404 g/mol. The highest BCUT2D eigenvalue weighted by Crippen LogP contribution is 2.27. The topological polar surface area (TPSA) is 86.7 Å². The third-order valence-electron chi connectivity index (χ3n) is 4.31. The number of carboxylic acid groups (broad SMARTS) is 1. The van der Waals surface area contributed by atoms with E-state index in [9.17, 15) is 18.3 Å². The number of sulfonamides is 1. The number of rotatable bonds is 9. The number of benzene rings is 2. The Morgan fingerprint density at radius 2 is 1.57 bits per heavy atom. The summed E-state index contributed by atoms with van der Waals surface area (Å²) in [4.78, 5) is 14.0. The highest BCUT2D eigenvalue weighted by molar-refractivity contribution is 7.92. The van der Waals surface area contributed by atoms with Gasteiger partial charge in [0, 0.05) is 18.8 Å². The maximum absolute atomic E-state index is 12.7. The normalized spacial score (nSPS) is 11.3. The van der Waals surface area contributed by atoms with Crippen molar-refractivity contribution in [3.8, 4) is 0 Å². The maximum Gasteiger partial charge on any atom is 0.337 e. The Hall–Kier alpha value is -2.54. The molecule has 152 valence electrons. The molecule has 0 aliphatic rings. The quantitative estimate of drug-likeness (QED) is 0.646. The van der Waals surface area contributed by atoms with Crippen molar-refractivity contribution in [3.63, 3.8) is 0 Å². The van der Waals surface area contributed by atoms with Crippen LogP contribution in [0.2, 0.25) is 0 Å². The molecule has 2 aromatic rings. The van der Waals surface area contributed by atoms with E-state index in [0.717, 1.165) is 37.1 Å². The molecule has 0 spiro atoms. The Kier molecular flexibility index (Phi) is 7.07. The first-order valence-electron chi connectivity index (χ1n) is 9.41. The summed E-state index contributed by atoms with van der Waals surface area (Å²) in [6.07, 6.45) is 1.78. The van der Waals surface area contributed by atoms with E-state index in [2.05, 4.69) is 4.72 Å². The second kappa shape index (κ2) is 9.10. The van der Waals surface area contributed by atoms with Gasteiger partial charge in [-0.3, -0.25) is 4.72 Å². The Bertz CT molecular complexity index is 929. The molecule has 0 unspecified atom stereocenters. The number of anilines is 2. The summed E-state index contributed by atoms with van der Waals surface area (Å²) in [6, 6.07) is 9.75. The minimum Gasteiger partial charge on any atom is -0.478 e. The molecule has 0 saturated heterocycles. The van der Waals surface area contributed by atoms with Gasteiger partial charge in [-0.15, -0.1) is 0 Å². The first kappa shape index (κ1) is 21.8. The van der Waals surface area contributed by atoms with Crippen LogP contribution in [0.1, 0.15) is 48.2 Å². The van der Waals surface area contributed by atoms with Crippen molar-refractivity contribution >= 4 is 27.4 Å². The van der Waals surface area contributed by atoms with E-state index >= 15 is 0 Å². The zero-order valence-corrected chi connectivity index (χ0v) is 17.6. The Balaban J connectivity index is 2.41.